The number of hydrogen-bond donors (Lipinski definition) is 1. The minimum Gasteiger partial charge on any atom is -0.397 e. The number of anilines is 1. The van der Waals surface area contributed by atoms with E-state index in [0.29, 0.717) is 17.9 Å². The molecular weight excluding hydrogens is 294 g/mol. The van der Waals surface area contributed by atoms with Gasteiger partial charge >= 0.3 is 0 Å². The van der Waals surface area contributed by atoms with Crippen molar-refractivity contribution < 1.29 is 0 Å². The summed E-state index contributed by atoms with van der Waals surface area (Å²) in [5.41, 5.74) is 13.4. The Labute approximate surface area is 143 Å². The molecule has 0 aliphatic carbocycles. The summed E-state index contributed by atoms with van der Waals surface area (Å²) in [6.07, 6.45) is 0.722. The molecule has 0 aliphatic heterocycles. The average molecular weight is 315 g/mol. The normalized spacial score (nSPS) is 10.5. The Kier molecular flexibility index (Phi) is 4.39. The van der Waals surface area contributed by atoms with Crippen LogP contribution in [-0.2, 0) is 13.0 Å². The van der Waals surface area contributed by atoms with Crippen LogP contribution in [0, 0.1) is 25.2 Å². The van der Waals surface area contributed by atoms with Crippen LogP contribution in [0.2, 0.25) is 0 Å². The quantitative estimate of drug-likeness (QED) is 0.784. The molecule has 3 heteroatoms. The van der Waals surface area contributed by atoms with Gasteiger partial charge in [-0.1, -0.05) is 54.1 Å². The molecule has 0 spiro atoms. The van der Waals surface area contributed by atoms with Gasteiger partial charge in [0.1, 0.15) is 11.8 Å². The largest absolute Gasteiger partial charge is 0.397 e. The summed E-state index contributed by atoms with van der Waals surface area (Å²) in [5, 5.41) is 9.48. The third-order valence-electron chi connectivity index (χ3n) is 4.44. The molecule has 0 radical (unpaired) electrons. The molecule has 120 valence electrons. The summed E-state index contributed by atoms with van der Waals surface area (Å²) >= 11 is 0. The van der Waals surface area contributed by atoms with Crippen LogP contribution in [0.1, 0.15) is 33.6 Å². The molecule has 1 aromatic heterocycles. The first-order valence-electron chi connectivity index (χ1n) is 8.06. The molecule has 0 fully saturated rings. The Morgan fingerprint density at radius 2 is 1.75 bits per heavy atom. The smallest absolute Gasteiger partial charge is 0.122 e. The minimum absolute atomic E-state index is 0.609. The van der Waals surface area contributed by atoms with Crippen molar-refractivity contribution in [1.29, 1.82) is 5.26 Å². The molecule has 3 rings (SSSR count). The first-order chi connectivity index (χ1) is 11.6. The third kappa shape index (κ3) is 3.18. The predicted molar refractivity (Wildman–Crippen MR) is 97.8 cm³/mol. The highest BCUT2D eigenvalue weighted by Gasteiger charge is 2.14. The molecule has 0 bridgehead atoms. The Hall–Kier alpha value is -2.99. The van der Waals surface area contributed by atoms with Gasteiger partial charge in [0.25, 0.3) is 0 Å². The first kappa shape index (κ1) is 15.9. The lowest BCUT2D eigenvalue weighted by Gasteiger charge is -2.13. The molecule has 3 nitrogen and oxygen atoms in total. The molecule has 1 heterocycles. The van der Waals surface area contributed by atoms with E-state index in [1.165, 1.54) is 22.3 Å². The summed E-state index contributed by atoms with van der Waals surface area (Å²) in [4.78, 5) is 0. The fraction of sp³-hybridized carbons (Fsp3) is 0.190. The number of hydrogen-bond acceptors (Lipinski definition) is 2. The maximum absolute atomic E-state index is 9.48. The number of nitrogen functional groups attached to an aromatic ring is 1. The molecule has 0 saturated carbocycles. The lowest BCUT2D eigenvalue weighted by atomic mass is 10.1. The van der Waals surface area contributed by atoms with Gasteiger partial charge < -0.3 is 10.3 Å². The van der Waals surface area contributed by atoms with Gasteiger partial charge in [-0.25, -0.2) is 0 Å². The van der Waals surface area contributed by atoms with Crippen LogP contribution < -0.4 is 5.73 Å². The van der Waals surface area contributed by atoms with Crippen molar-refractivity contribution in [2.24, 2.45) is 0 Å². The van der Waals surface area contributed by atoms with Gasteiger partial charge in [0.15, 0.2) is 0 Å². The van der Waals surface area contributed by atoms with Crippen molar-refractivity contribution in [3.63, 3.8) is 0 Å². The molecule has 0 amide bonds. The van der Waals surface area contributed by atoms with E-state index in [0.717, 1.165) is 12.1 Å². The molecule has 0 saturated heterocycles. The van der Waals surface area contributed by atoms with Crippen molar-refractivity contribution in [3.05, 3.63) is 88.2 Å². The van der Waals surface area contributed by atoms with E-state index in [9.17, 15) is 5.26 Å². The second kappa shape index (κ2) is 6.64. The van der Waals surface area contributed by atoms with Crippen molar-refractivity contribution in [3.8, 4) is 6.07 Å². The summed E-state index contributed by atoms with van der Waals surface area (Å²) < 4.78 is 2.04. The number of nitriles is 1. The van der Waals surface area contributed by atoms with E-state index < -0.39 is 0 Å². The molecule has 24 heavy (non-hydrogen) atoms. The van der Waals surface area contributed by atoms with Crippen LogP contribution in [-0.4, -0.2) is 4.57 Å². The average Bonchev–Trinajstić information content (AvgIpc) is 2.87. The van der Waals surface area contributed by atoms with Gasteiger partial charge in [-0.15, -0.1) is 0 Å². The summed E-state index contributed by atoms with van der Waals surface area (Å²) in [7, 11) is 0. The highest BCUT2D eigenvalue weighted by molar-refractivity contribution is 5.53. The number of rotatable bonds is 4. The summed E-state index contributed by atoms with van der Waals surface area (Å²) in [5.74, 6) is 0. The monoisotopic (exact) mass is 315 g/mol. The molecule has 3 aromatic rings. The van der Waals surface area contributed by atoms with Gasteiger partial charge in [0.05, 0.1) is 5.69 Å². The maximum Gasteiger partial charge on any atom is 0.122 e. The van der Waals surface area contributed by atoms with Gasteiger partial charge in [0.2, 0.25) is 0 Å². The maximum atomic E-state index is 9.48. The van der Waals surface area contributed by atoms with E-state index in [1.807, 2.05) is 16.7 Å². The van der Waals surface area contributed by atoms with E-state index in [2.05, 4.69) is 56.3 Å². The van der Waals surface area contributed by atoms with Crippen molar-refractivity contribution in [1.82, 2.24) is 4.57 Å². The fourth-order valence-corrected chi connectivity index (χ4v) is 2.94. The highest BCUT2D eigenvalue weighted by atomic mass is 15.0. The standard InChI is InChI=1S/C21H21N3/c1-15-7-9-17(10-8-15)11-21-20(23)12-19(13-22)24(21)14-18-6-4-3-5-16(18)2/h3-10,12H,11,14,23H2,1-2H3. The number of nitrogens with two attached hydrogens (primary N) is 1. The fourth-order valence-electron chi connectivity index (χ4n) is 2.94. The summed E-state index contributed by atoms with van der Waals surface area (Å²) in [6, 6.07) is 20.7. The number of nitrogens with zero attached hydrogens (tertiary/aromatic N) is 2. The highest BCUT2D eigenvalue weighted by Crippen LogP contribution is 2.24. The minimum atomic E-state index is 0.609. The van der Waals surface area contributed by atoms with Gasteiger partial charge in [-0.3, -0.25) is 0 Å². The van der Waals surface area contributed by atoms with Gasteiger partial charge in [0, 0.05) is 18.7 Å². The second-order valence-corrected chi connectivity index (χ2v) is 6.22. The first-order valence-corrected chi connectivity index (χ1v) is 8.06. The lowest BCUT2D eigenvalue weighted by Crippen LogP contribution is -2.09. The lowest BCUT2D eigenvalue weighted by molar-refractivity contribution is 0.745. The number of aryl methyl sites for hydroxylation is 2. The van der Waals surface area contributed by atoms with Crippen LogP contribution in [0.5, 0.6) is 0 Å². The van der Waals surface area contributed by atoms with Crippen molar-refractivity contribution >= 4 is 5.69 Å². The van der Waals surface area contributed by atoms with E-state index in [4.69, 9.17) is 5.73 Å². The Morgan fingerprint density at radius 1 is 1.04 bits per heavy atom. The zero-order valence-corrected chi connectivity index (χ0v) is 14.1. The van der Waals surface area contributed by atoms with Crippen LogP contribution in [0.15, 0.2) is 54.6 Å². The van der Waals surface area contributed by atoms with Crippen LogP contribution >= 0.6 is 0 Å². The Balaban J connectivity index is 2.00. The van der Waals surface area contributed by atoms with E-state index in [-0.39, 0.29) is 0 Å². The van der Waals surface area contributed by atoms with Crippen LogP contribution in [0.3, 0.4) is 0 Å². The topological polar surface area (TPSA) is 54.7 Å². The number of benzene rings is 2. The van der Waals surface area contributed by atoms with E-state index in [1.54, 1.807) is 6.07 Å². The third-order valence-corrected chi connectivity index (χ3v) is 4.44. The molecule has 0 unspecified atom stereocenters. The van der Waals surface area contributed by atoms with Crippen LogP contribution in [0.4, 0.5) is 5.69 Å². The van der Waals surface area contributed by atoms with Gasteiger partial charge in [-0.05, 0) is 36.6 Å². The SMILES string of the molecule is Cc1ccc(Cc2c(N)cc(C#N)n2Cc2ccccc2C)cc1. The van der Waals surface area contributed by atoms with Gasteiger partial charge in [-0.2, -0.15) is 5.26 Å². The Bertz CT molecular complexity index is 896. The number of aromatic nitrogens is 1. The molecule has 2 aromatic carbocycles. The molecular formula is C21H21N3. The zero-order valence-electron chi connectivity index (χ0n) is 14.1. The molecule has 2 N–H and O–H groups in total. The van der Waals surface area contributed by atoms with Crippen molar-refractivity contribution in [2.75, 3.05) is 5.73 Å². The Morgan fingerprint density at radius 3 is 2.42 bits per heavy atom. The van der Waals surface area contributed by atoms with Crippen molar-refractivity contribution in [2.45, 2.75) is 26.8 Å². The molecule has 0 atom stereocenters. The second-order valence-electron chi connectivity index (χ2n) is 6.22. The zero-order chi connectivity index (χ0) is 17.1. The van der Waals surface area contributed by atoms with E-state index >= 15 is 0 Å². The molecule has 0 aliphatic rings. The van der Waals surface area contributed by atoms with Crippen LogP contribution in [0.25, 0.3) is 0 Å². The predicted octanol–water partition coefficient (Wildman–Crippen LogP) is 4.20. The summed E-state index contributed by atoms with van der Waals surface area (Å²) in [6.45, 7) is 4.83.